The summed E-state index contributed by atoms with van der Waals surface area (Å²) in [5.74, 6) is 3.24. The van der Waals surface area contributed by atoms with E-state index in [1.54, 1.807) is 117 Å². The number of aromatic nitrogens is 24. The molecule has 15 aromatic rings. The van der Waals surface area contributed by atoms with Gasteiger partial charge < -0.3 is 42.3 Å². The number of anilines is 1. The molecule has 0 atom stereocenters. The van der Waals surface area contributed by atoms with Crippen LogP contribution in [0.25, 0.3) is 62.5 Å². The van der Waals surface area contributed by atoms with Crippen molar-refractivity contribution in [1.29, 1.82) is 0 Å². The summed E-state index contributed by atoms with van der Waals surface area (Å²) in [6.45, 7) is 36.9. The number of halogens is 1. The van der Waals surface area contributed by atoms with Crippen molar-refractivity contribution in [2.45, 2.75) is 185 Å². The number of aliphatic imine (C=N–C) groups is 2. The number of carbonyl (C=O) groups excluding carboxylic acids is 3. The first-order valence-electron chi connectivity index (χ1n) is 37.7. The molecule has 0 spiro atoms. The first kappa shape index (κ1) is 80.8. The topological polar surface area (TPSA) is 383 Å². The van der Waals surface area contributed by atoms with Gasteiger partial charge in [0.15, 0.2) is 56.7 Å². The normalized spacial score (nSPS) is 13.3. The highest BCUT2D eigenvalue weighted by molar-refractivity contribution is 6.10. The van der Waals surface area contributed by atoms with Crippen molar-refractivity contribution in [3.63, 3.8) is 0 Å². The fourth-order valence-corrected chi connectivity index (χ4v) is 13.1. The summed E-state index contributed by atoms with van der Waals surface area (Å²) in [6.07, 6.45) is 35.2. The van der Waals surface area contributed by atoms with Gasteiger partial charge in [-0.2, -0.15) is 4.98 Å². The van der Waals surface area contributed by atoms with E-state index in [0.717, 1.165) is 34.1 Å². The van der Waals surface area contributed by atoms with E-state index in [0.29, 0.717) is 106 Å². The van der Waals surface area contributed by atoms with E-state index < -0.39 is 5.82 Å². The monoisotopic (exact) mass is 1570 g/mol. The number of aromatic amines is 2. The Hall–Kier alpha value is -13.7. The lowest BCUT2D eigenvalue weighted by Crippen LogP contribution is -2.19. The zero-order chi connectivity index (χ0) is 82.7. The number of imidazole rings is 8. The van der Waals surface area contributed by atoms with Crippen LogP contribution in [-0.2, 0) is 6.54 Å². The maximum absolute atomic E-state index is 13.4. The van der Waals surface area contributed by atoms with Crippen molar-refractivity contribution < 1.29 is 18.8 Å². The van der Waals surface area contributed by atoms with E-state index in [1.807, 2.05) is 122 Å². The Bertz CT molecular complexity index is 6410. The maximum Gasteiger partial charge on any atom is 0.287 e. The van der Waals surface area contributed by atoms with Gasteiger partial charge in [-0.25, -0.2) is 63.2 Å². The van der Waals surface area contributed by atoms with Gasteiger partial charge in [0.2, 0.25) is 28.7 Å². The number of nitrogens with zero attached hydrogens (tertiary/aromatic N) is 24. The van der Waals surface area contributed by atoms with Crippen molar-refractivity contribution in [3.05, 3.63) is 216 Å². The molecule has 3 aliphatic heterocycles. The SMILES string of the molecule is C=C1Cn2c(nc3c(ncn3C(C)C)c2=O)N1.CC(C)n1cc(F)c2c1N=CCC2=O.CC(C)n1ccc(=O)c2nccn21.CC(C)n1ccc(=O)n2ccnc12.CC(C)n1ccc2c1N=CCC2=O.CC(C)n1cnc2c(=O)[nH]c3nccn3c21.CC(C)n1cnc2c(=O)n3ccnc3[nH]c21.CC(C)n1cnc2c1C=CCC2=O. The Labute approximate surface area is 655 Å². The highest BCUT2D eigenvalue weighted by Gasteiger charge is 2.27. The van der Waals surface area contributed by atoms with E-state index in [2.05, 4.69) is 132 Å². The molecule has 4 aliphatic rings. The fraction of sp³-hybridized carbons (Fsp3) is 0.354. The first-order chi connectivity index (χ1) is 54.8. The van der Waals surface area contributed by atoms with Crippen LogP contribution in [-0.4, -0.2) is 144 Å². The number of nitrogens with one attached hydrogen (secondary N) is 3. The number of fused-ring (bicyclic) bond motifs is 12. The summed E-state index contributed by atoms with van der Waals surface area (Å²) in [5.41, 5.74) is 6.63. The molecule has 0 saturated carbocycles. The quantitative estimate of drug-likeness (QED) is 0.127. The zero-order valence-corrected chi connectivity index (χ0v) is 66.8. The van der Waals surface area contributed by atoms with Gasteiger partial charge in [0.1, 0.15) is 23.0 Å². The molecule has 19 rings (SSSR count). The van der Waals surface area contributed by atoms with Crippen LogP contribution in [0.15, 0.2) is 170 Å². The van der Waals surface area contributed by atoms with Crippen LogP contribution in [0, 0.1) is 5.82 Å². The van der Waals surface area contributed by atoms with Crippen LogP contribution >= 0.6 is 0 Å². The van der Waals surface area contributed by atoms with Crippen LogP contribution in [0.1, 0.15) is 215 Å². The Balaban J connectivity index is 0.000000122. The second-order valence-electron chi connectivity index (χ2n) is 29.6. The maximum atomic E-state index is 13.4. The number of carbonyl (C=O) groups is 3. The van der Waals surface area contributed by atoms with Gasteiger partial charge in [0, 0.05) is 172 Å². The third-order valence-electron chi connectivity index (χ3n) is 18.9. The van der Waals surface area contributed by atoms with Gasteiger partial charge in [-0.3, -0.25) is 61.4 Å². The Morgan fingerprint density at radius 1 is 0.478 bits per heavy atom. The van der Waals surface area contributed by atoms with E-state index in [9.17, 15) is 42.7 Å². The lowest BCUT2D eigenvalue weighted by Gasteiger charge is -2.12. The summed E-state index contributed by atoms with van der Waals surface area (Å²) in [5, 5.41) is 3.00. The smallest absolute Gasteiger partial charge is 0.287 e. The number of hydrogen-bond donors (Lipinski definition) is 3. The van der Waals surface area contributed by atoms with Gasteiger partial charge in [-0.05, 0) is 123 Å². The highest BCUT2D eigenvalue weighted by atomic mass is 19.1. The summed E-state index contributed by atoms with van der Waals surface area (Å²) >= 11 is 0. The molecule has 115 heavy (non-hydrogen) atoms. The standard InChI is InChI=1S/C11H13N5O.C10H11FN2O.2C10H11N5O.2C10H12N2O.2C9H11N3O/c1-6(2)16-5-12-8-9(16)14-11-13-7(3)4-15(11)10(8)17;1-6(2)13-5-7(11)9-8(14)3-4-12-10(9)13;1-6(2)15-5-12-7-8(16)13-10-11-3-4-14(10)9(7)15;1-6(2)15-5-12-7-8(15)13-10-11-3-4-14(10)9(7)16;1-7(2)12-6-4-8-9(13)3-5-11-10(8)12;1-7(2)12-6-11-10-8(12)4-3-5-9(10)13;1-7(2)11-5-3-8(13)12-6-4-10-9(11)12;1-7(2)11-5-3-8(13)9-10-4-6-12(9)11/h5-6H,3-4H2,1-2H3,(H,13,14);4-6H,3H2,1-2H3;3-6H,1-2H3,(H,11,13,16);3-6H,1-2H3,(H,11,13);4-7H,3H2,1-2H3;3-4,6-7H,5H2,1-2H3;2*3-7H,1-2H3. The molecule has 18 heterocycles. The number of H-pyrrole nitrogens is 2. The average Bonchev–Trinajstić information content (AvgIpc) is 1.62. The molecule has 1 aliphatic carbocycles. The Kier molecular flexibility index (Phi) is 23.7. The predicted molar refractivity (Wildman–Crippen MR) is 438 cm³/mol. The number of hydrogen-bond acceptors (Lipinski definition) is 20. The minimum Gasteiger partial charge on any atom is -0.330 e. The Morgan fingerprint density at radius 2 is 1.06 bits per heavy atom. The molecule has 598 valence electrons. The van der Waals surface area contributed by atoms with Crippen molar-refractivity contribution in [2.75, 3.05) is 5.32 Å². The van der Waals surface area contributed by atoms with Crippen molar-refractivity contribution in [2.24, 2.45) is 9.98 Å². The van der Waals surface area contributed by atoms with Crippen molar-refractivity contribution in [1.82, 2.24) is 114 Å². The van der Waals surface area contributed by atoms with Gasteiger partial charge >= 0.3 is 0 Å². The van der Waals surface area contributed by atoms with Crippen molar-refractivity contribution in [3.8, 4) is 0 Å². The zero-order valence-electron chi connectivity index (χ0n) is 66.8. The number of allylic oxidation sites excluding steroid dienone is 2. The number of ketones is 3. The van der Waals surface area contributed by atoms with Gasteiger partial charge in [0.25, 0.3) is 22.2 Å². The lowest BCUT2D eigenvalue weighted by atomic mass is 10.1. The van der Waals surface area contributed by atoms with E-state index in [-0.39, 0.29) is 81.2 Å². The molecule has 3 N–H and O–H groups in total. The molecule has 0 fully saturated rings. The largest absolute Gasteiger partial charge is 0.330 e. The summed E-state index contributed by atoms with van der Waals surface area (Å²) < 4.78 is 37.0. The highest BCUT2D eigenvalue weighted by Crippen LogP contribution is 2.32. The fourth-order valence-electron chi connectivity index (χ4n) is 13.1. The molecule has 0 amide bonds. The van der Waals surface area contributed by atoms with E-state index in [1.165, 1.54) is 16.8 Å². The summed E-state index contributed by atoms with van der Waals surface area (Å²) in [4.78, 5) is 144. The van der Waals surface area contributed by atoms with Crippen LogP contribution in [0.3, 0.4) is 0 Å². The Morgan fingerprint density at radius 3 is 1.74 bits per heavy atom. The van der Waals surface area contributed by atoms with Crippen LogP contribution in [0.4, 0.5) is 22.0 Å². The number of Topliss-reactive ketones (excluding diaryl/α,β-unsaturated/α-hetero) is 3. The molecule has 0 bridgehead atoms. The second-order valence-corrected chi connectivity index (χ2v) is 29.6. The third kappa shape index (κ3) is 16.4. The van der Waals surface area contributed by atoms with Crippen LogP contribution < -0.4 is 33.0 Å². The van der Waals surface area contributed by atoms with Crippen LogP contribution in [0.5, 0.6) is 0 Å². The predicted octanol–water partition coefficient (Wildman–Crippen LogP) is 12.1. The molecule has 36 heteroatoms. The van der Waals surface area contributed by atoms with Crippen molar-refractivity contribution >= 4 is 110 Å². The first-order valence-corrected chi connectivity index (χ1v) is 37.7. The molecular weight excluding hydrogens is 1470 g/mol. The average molecular weight is 1570 g/mol. The minimum absolute atomic E-state index is 0.0376. The number of rotatable bonds is 8. The molecule has 0 saturated heterocycles. The summed E-state index contributed by atoms with van der Waals surface area (Å²) in [7, 11) is 0. The minimum atomic E-state index is -0.462. The van der Waals surface area contributed by atoms with E-state index >= 15 is 0 Å². The summed E-state index contributed by atoms with van der Waals surface area (Å²) in [6, 6.07) is 7.11. The molecule has 0 unspecified atom stereocenters. The van der Waals surface area contributed by atoms with Crippen LogP contribution in [0.2, 0.25) is 0 Å². The van der Waals surface area contributed by atoms with E-state index in [4.69, 9.17) is 0 Å². The van der Waals surface area contributed by atoms with Gasteiger partial charge in [-0.15, -0.1) is 0 Å². The molecule has 15 aromatic heterocycles. The second kappa shape index (κ2) is 33.7. The third-order valence-corrected chi connectivity index (χ3v) is 18.9. The molecule has 0 aromatic carbocycles. The van der Waals surface area contributed by atoms with Gasteiger partial charge in [-0.1, -0.05) is 12.7 Å². The lowest BCUT2D eigenvalue weighted by molar-refractivity contribution is 0.0984. The molecular formula is C79H92FN27O8. The molecule has 0 radical (unpaired) electrons. The molecule has 35 nitrogen and oxygen atoms in total. The van der Waals surface area contributed by atoms with Gasteiger partial charge in [0.05, 0.1) is 48.7 Å².